The highest BCUT2D eigenvalue weighted by Gasteiger charge is 2.42. The van der Waals surface area contributed by atoms with Crippen LogP contribution in [0.5, 0.6) is 11.5 Å². The van der Waals surface area contributed by atoms with Crippen LogP contribution in [0, 0.1) is 11.8 Å². The fraction of sp³-hybridized carbons (Fsp3) is 0.500. The number of rotatable bonds is 13. The molecule has 1 aliphatic heterocycles. The Bertz CT molecular complexity index is 1240. The summed E-state index contributed by atoms with van der Waals surface area (Å²) in [5.74, 6) is -4.30. The Kier molecular flexibility index (Phi) is 12.7. The van der Waals surface area contributed by atoms with Gasteiger partial charge in [-0.05, 0) is 18.9 Å². The summed E-state index contributed by atoms with van der Waals surface area (Å²) < 4.78 is 38.0. The highest BCUT2D eigenvalue weighted by atomic mass is 16.7. The molecule has 2 heterocycles. The number of amides is 1. The lowest BCUT2D eigenvalue weighted by atomic mass is 9.91. The summed E-state index contributed by atoms with van der Waals surface area (Å²) in [7, 11) is 2.92. The van der Waals surface area contributed by atoms with Crippen molar-refractivity contribution in [3.05, 3.63) is 53.9 Å². The van der Waals surface area contributed by atoms with Crippen molar-refractivity contribution in [2.45, 2.75) is 45.4 Å². The van der Waals surface area contributed by atoms with Gasteiger partial charge in [0.15, 0.2) is 36.1 Å². The third-order valence-electron chi connectivity index (χ3n) is 6.49. The quantitative estimate of drug-likeness (QED) is 0.154. The molecule has 0 aliphatic carbocycles. The van der Waals surface area contributed by atoms with E-state index in [0.717, 1.165) is 5.56 Å². The van der Waals surface area contributed by atoms with Crippen LogP contribution >= 0.6 is 0 Å². The lowest BCUT2D eigenvalue weighted by Gasteiger charge is -2.29. The Morgan fingerprint density at radius 2 is 1.81 bits per heavy atom. The van der Waals surface area contributed by atoms with E-state index >= 15 is 0 Å². The van der Waals surface area contributed by atoms with E-state index in [0.29, 0.717) is 6.61 Å². The Labute approximate surface area is 250 Å². The number of esters is 3. The van der Waals surface area contributed by atoms with E-state index in [1.807, 2.05) is 30.3 Å². The van der Waals surface area contributed by atoms with Gasteiger partial charge in [0.2, 0.25) is 0 Å². The Balaban J connectivity index is 1.83. The molecule has 13 nitrogen and oxygen atoms in total. The third kappa shape index (κ3) is 9.38. The minimum absolute atomic E-state index is 0.0229. The summed E-state index contributed by atoms with van der Waals surface area (Å²) in [5, 5.41) is 2.51. The monoisotopic (exact) mass is 602 g/mol. The van der Waals surface area contributed by atoms with E-state index < -0.39 is 60.5 Å². The summed E-state index contributed by atoms with van der Waals surface area (Å²) in [6, 6.07) is 9.20. The molecule has 1 fully saturated rings. The number of ether oxygens (including phenoxy) is 7. The van der Waals surface area contributed by atoms with Crippen molar-refractivity contribution in [3.8, 4) is 11.5 Å². The van der Waals surface area contributed by atoms with Crippen LogP contribution in [0.3, 0.4) is 0 Å². The minimum Gasteiger partial charge on any atom is -0.493 e. The number of hydrogen-bond acceptors (Lipinski definition) is 12. The molecule has 1 N–H and O–H groups in total. The second kappa shape index (κ2) is 16.4. The second-order valence-corrected chi connectivity index (χ2v) is 10.0. The van der Waals surface area contributed by atoms with E-state index in [9.17, 15) is 19.2 Å². The minimum atomic E-state index is -1.41. The van der Waals surface area contributed by atoms with E-state index in [-0.39, 0.29) is 37.0 Å². The van der Waals surface area contributed by atoms with Crippen molar-refractivity contribution in [2.75, 3.05) is 40.8 Å². The number of methoxy groups -OCH3 is 2. The first-order chi connectivity index (χ1) is 20.7. The first kappa shape index (κ1) is 33.3. The van der Waals surface area contributed by atoms with Gasteiger partial charge in [-0.2, -0.15) is 0 Å². The summed E-state index contributed by atoms with van der Waals surface area (Å²) in [5.41, 5.74) is 0.591. The molecule has 1 aromatic carbocycles. The highest BCUT2D eigenvalue weighted by molar-refractivity contribution is 5.98. The molecule has 1 saturated heterocycles. The molecule has 234 valence electrons. The van der Waals surface area contributed by atoms with Crippen molar-refractivity contribution >= 4 is 23.8 Å². The topological polar surface area (TPSA) is 158 Å². The molecule has 2 aromatic rings. The molecule has 0 unspecified atom stereocenters. The summed E-state index contributed by atoms with van der Waals surface area (Å²) in [6.07, 6.45) is -0.695. The Morgan fingerprint density at radius 3 is 2.49 bits per heavy atom. The number of cyclic esters (lactones) is 2. The Morgan fingerprint density at radius 1 is 1.07 bits per heavy atom. The molecular formula is C30H38N2O11. The first-order valence-corrected chi connectivity index (χ1v) is 13.8. The lowest BCUT2D eigenvalue weighted by Crippen LogP contribution is -2.47. The molecule has 1 aromatic heterocycles. The molecule has 4 atom stereocenters. The van der Waals surface area contributed by atoms with Crippen LogP contribution in [-0.2, 0) is 44.5 Å². The van der Waals surface area contributed by atoms with Gasteiger partial charge in [0.25, 0.3) is 5.91 Å². The fourth-order valence-electron chi connectivity index (χ4n) is 4.17. The van der Waals surface area contributed by atoms with E-state index in [1.54, 1.807) is 13.8 Å². The molecule has 43 heavy (non-hydrogen) atoms. The van der Waals surface area contributed by atoms with Gasteiger partial charge >= 0.3 is 17.9 Å². The number of carbonyl (C=O) groups is 4. The maximum atomic E-state index is 13.4. The van der Waals surface area contributed by atoms with Gasteiger partial charge in [0, 0.05) is 19.4 Å². The maximum Gasteiger partial charge on any atom is 0.332 e. The van der Waals surface area contributed by atoms with Gasteiger partial charge < -0.3 is 38.5 Å². The van der Waals surface area contributed by atoms with Crippen LogP contribution < -0.4 is 14.8 Å². The van der Waals surface area contributed by atoms with Gasteiger partial charge in [-0.3, -0.25) is 14.4 Å². The predicted octanol–water partition coefficient (Wildman–Crippen LogP) is 2.10. The molecule has 0 saturated carbocycles. The highest BCUT2D eigenvalue weighted by Crippen LogP contribution is 2.30. The van der Waals surface area contributed by atoms with Gasteiger partial charge in [-0.25, -0.2) is 9.78 Å². The lowest BCUT2D eigenvalue weighted by molar-refractivity contribution is -0.176. The van der Waals surface area contributed by atoms with Crippen LogP contribution in [0.15, 0.2) is 42.6 Å². The van der Waals surface area contributed by atoms with Gasteiger partial charge in [-0.15, -0.1) is 0 Å². The van der Waals surface area contributed by atoms with Crippen LogP contribution in [0.25, 0.3) is 0 Å². The number of nitrogens with zero attached hydrogens (tertiary/aromatic N) is 1. The molecule has 0 bridgehead atoms. The number of benzene rings is 1. The average molecular weight is 603 g/mol. The van der Waals surface area contributed by atoms with Crippen molar-refractivity contribution < 1.29 is 52.3 Å². The van der Waals surface area contributed by atoms with Gasteiger partial charge in [0.1, 0.15) is 18.6 Å². The standard InChI is InChI=1S/C30H38N2O11/c1-18(2)28(34)43-25-19(3)42-30(36)22(16-40-29(35)21(25)15-20-9-7-6-8-10-20)32-27(33)24-26(23(38-5)11-12-31-24)41-17-39-14-13-37-4/h6-12,18-19,21-22,25H,13-17H2,1-5H3,(H,32,33)/t19-,21-,22-,25-/m0/s1. The molecule has 13 heteroatoms. The van der Waals surface area contributed by atoms with Crippen molar-refractivity contribution in [2.24, 2.45) is 11.8 Å². The summed E-state index contributed by atoms with van der Waals surface area (Å²) in [6.45, 7) is 4.65. The number of hydrogen-bond donors (Lipinski definition) is 1. The van der Waals surface area contributed by atoms with Crippen LogP contribution in [0.4, 0.5) is 0 Å². The second-order valence-electron chi connectivity index (χ2n) is 10.0. The number of pyridine rings is 1. The van der Waals surface area contributed by atoms with Gasteiger partial charge in [0.05, 0.1) is 26.2 Å². The van der Waals surface area contributed by atoms with Crippen LogP contribution in [0.2, 0.25) is 0 Å². The maximum absolute atomic E-state index is 13.4. The molecule has 0 spiro atoms. The Hall–Kier alpha value is -4.23. The van der Waals surface area contributed by atoms with Crippen LogP contribution in [0.1, 0.15) is 36.8 Å². The smallest absolute Gasteiger partial charge is 0.332 e. The molecular weight excluding hydrogens is 564 g/mol. The van der Waals surface area contributed by atoms with Crippen molar-refractivity contribution in [1.29, 1.82) is 0 Å². The number of nitrogens with one attached hydrogen (secondary N) is 1. The summed E-state index contributed by atoms with van der Waals surface area (Å²) >= 11 is 0. The average Bonchev–Trinajstić information content (AvgIpc) is 3.03. The molecule has 0 radical (unpaired) electrons. The normalized spacial score (nSPS) is 20.6. The fourth-order valence-corrected chi connectivity index (χ4v) is 4.17. The van der Waals surface area contributed by atoms with Crippen molar-refractivity contribution in [1.82, 2.24) is 10.3 Å². The van der Waals surface area contributed by atoms with E-state index in [1.165, 1.54) is 33.4 Å². The zero-order valence-electron chi connectivity index (χ0n) is 24.9. The largest absolute Gasteiger partial charge is 0.493 e. The van der Waals surface area contributed by atoms with E-state index in [2.05, 4.69) is 10.3 Å². The van der Waals surface area contributed by atoms with Crippen molar-refractivity contribution in [3.63, 3.8) is 0 Å². The zero-order chi connectivity index (χ0) is 31.4. The molecule has 1 amide bonds. The predicted molar refractivity (Wildman–Crippen MR) is 150 cm³/mol. The number of aromatic nitrogens is 1. The van der Waals surface area contributed by atoms with E-state index in [4.69, 9.17) is 33.2 Å². The van der Waals surface area contributed by atoms with Crippen LogP contribution in [-0.4, -0.2) is 87.9 Å². The SMILES string of the molecule is COCCOCOc1c(OC)ccnc1C(=O)N[C@H]1COC(=O)[C@@H](Cc2ccccc2)[C@@H](OC(=O)C(C)C)[C@H](C)OC1=O. The van der Waals surface area contributed by atoms with Gasteiger partial charge in [-0.1, -0.05) is 44.2 Å². The molecule has 1 aliphatic rings. The molecule has 3 rings (SSSR count). The summed E-state index contributed by atoms with van der Waals surface area (Å²) in [4.78, 5) is 56.7. The zero-order valence-corrected chi connectivity index (χ0v) is 24.9. The third-order valence-corrected chi connectivity index (χ3v) is 6.49. The first-order valence-electron chi connectivity index (χ1n) is 13.8. The number of carbonyl (C=O) groups excluding carboxylic acids is 4.